The largest absolute Gasteiger partial charge is 1.00 e. The van der Waals surface area contributed by atoms with Gasteiger partial charge in [0.05, 0.1) is 0 Å². The van der Waals surface area contributed by atoms with Gasteiger partial charge in [0, 0.05) is 36.4 Å². The van der Waals surface area contributed by atoms with Crippen LogP contribution in [0.5, 0.6) is 0 Å². The van der Waals surface area contributed by atoms with Crippen LogP contribution in [0.3, 0.4) is 0 Å². The van der Waals surface area contributed by atoms with Crippen LogP contribution < -0.4 is 27.9 Å². The van der Waals surface area contributed by atoms with Crippen molar-refractivity contribution in [1.82, 2.24) is 0 Å². The minimum Gasteiger partial charge on any atom is -1.00 e. The molecule has 0 aliphatic heterocycles. The van der Waals surface area contributed by atoms with Gasteiger partial charge in [0.1, 0.15) is 17.5 Å². The fourth-order valence-electron chi connectivity index (χ4n) is 2.63. The van der Waals surface area contributed by atoms with E-state index in [1.165, 1.54) is 30.5 Å². The average molecular weight is 402 g/mol. The van der Waals surface area contributed by atoms with Crippen molar-refractivity contribution in [3.8, 4) is 6.07 Å². The number of benzene rings is 2. The maximum Gasteiger partial charge on any atom is 0.267 e. The van der Waals surface area contributed by atoms with Crippen LogP contribution in [0, 0.1) is 24.1 Å². The highest BCUT2D eigenvalue weighted by Crippen LogP contribution is 2.23. The second-order valence-corrected chi connectivity index (χ2v) is 5.95. The molecule has 2 rings (SSSR count). The van der Waals surface area contributed by atoms with Crippen molar-refractivity contribution in [2.24, 2.45) is 0 Å². The standard InChI is InChI=1S/C21H23FN4O.ClH/c1-4-26(5-2)19-10-11-20(15(3)12-19)24-14-16(13-23)21(27)25-18-8-6-17(22)7-9-18;/h6-12,14,24H,4-5H2,1-3H3,(H,25,27);1H/p-1/b16-14-;. The lowest BCUT2D eigenvalue weighted by atomic mass is 10.1. The summed E-state index contributed by atoms with van der Waals surface area (Å²) in [6.07, 6.45) is 1.37. The van der Waals surface area contributed by atoms with Gasteiger partial charge >= 0.3 is 0 Å². The zero-order valence-corrected chi connectivity index (χ0v) is 16.8. The number of anilines is 3. The summed E-state index contributed by atoms with van der Waals surface area (Å²) in [6.45, 7) is 8.02. The number of rotatable bonds is 7. The summed E-state index contributed by atoms with van der Waals surface area (Å²) < 4.78 is 12.9. The molecular formula is C21H23ClFN4O-. The lowest BCUT2D eigenvalue weighted by Gasteiger charge is -2.22. The van der Waals surface area contributed by atoms with Crippen LogP contribution in [0.15, 0.2) is 54.2 Å². The van der Waals surface area contributed by atoms with Crippen molar-refractivity contribution in [3.05, 3.63) is 65.6 Å². The van der Waals surface area contributed by atoms with Crippen molar-refractivity contribution in [1.29, 1.82) is 5.26 Å². The van der Waals surface area contributed by atoms with E-state index >= 15 is 0 Å². The Morgan fingerprint density at radius 1 is 1.18 bits per heavy atom. The Bertz CT molecular complexity index is 871. The van der Waals surface area contributed by atoms with Gasteiger partial charge in [-0.15, -0.1) is 0 Å². The smallest absolute Gasteiger partial charge is 0.267 e. The molecule has 2 aromatic rings. The predicted octanol–water partition coefficient (Wildman–Crippen LogP) is 1.44. The molecule has 148 valence electrons. The van der Waals surface area contributed by atoms with E-state index in [9.17, 15) is 14.4 Å². The van der Waals surface area contributed by atoms with Gasteiger partial charge in [-0.2, -0.15) is 5.26 Å². The van der Waals surface area contributed by atoms with Crippen LogP contribution in [0.2, 0.25) is 0 Å². The van der Waals surface area contributed by atoms with Gasteiger partial charge in [-0.05, 0) is 68.8 Å². The summed E-state index contributed by atoms with van der Waals surface area (Å²) in [5, 5.41) is 14.8. The number of carbonyl (C=O) groups is 1. The Hall–Kier alpha value is -3.04. The van der Waals surface area contributed by atoms with E-state index in [2.05, 4.69) is 35.4 Å². The van der Waals surface area contributed by atoms with Gasteiger partial charge in [-0.25, -0.2) is 4.39 Å². The minimum atomic E-state index is -0.561. The molecule has 0 atom stereocenters. The first-order valence-corrected chi connectivity index (χ1v) is 8.77. The third-order valence-corrected chi connectivity index (χ3v) is 4.18. The summed E-state index contributed by atoms with van der Waals surface area (Å²) >= 11 is 0. The number of carbonyl (C=O) groups excluding carboxylic acids is 1. The Labute approximate surface area is 171 Å². The Morgan fingerprint density at radius 3 is 2.36 bits per heavy atom. The van der Waals surface area contributed by atoms with Gasteiger partial charge in [-0.3, -0.25) is 4.79 Å². The molecule has 1 amide bonds. The second-order valence-electron chi connectivity index (χ2n) is 5.95. The third kappa shape index (κ3) is 6.00. The van der Waals surface area contributed by atoms with Crippen LogP contribution in [0.4, 0.5) is 21.5 Å². The highest BCUT2D eigenvalue weighted by molar-refractivity contribution is 6.06. The first-order valence-electron chi connectivity index (χ1n) is 8.77. The van der Waals surface area contributed by atoms with Gasteiger partial charge in [0.2, 0.25) is 0 Å². The molecule has 0 fully saturated rings. The number of amides is 1. The van der Waals surface area contributed by atoms with Crippen LogP contribution in [-0.2, 0) is 4.79 Å². The van der Waals surface area contributed by atoms with Crippen molar-refractivity contribution in [2.75, 3.05) is 28.6 Å². The number of hydrogen-bond donors (Lipinski definition) is 2. The number of halogens is 2. The highest BCUT2D eigenvalue weighted by atomic mass is 35.5. The molecule has 0 bridgehead atoms. The number of nitriles is 1. The van der Waals surface area contributed by atoms with E-state index in [-0.39, 0.29) is 18.0 Å². The summed E-state index contributed by atoms with van der Waals surface area (Å²) in [7, 11) is 0. The monoisotopic (exact) mass is 401 g/mol. The zero-order chi connectivity index (χ0) is 19.8. The molecule has 0 aliphatic rings. The molecule has 0 saturated carbocycles. The summed E-state index contributed by atoms with van der Waals surface area (Å²) in [5.74, 6) is -0.955. The van der Waals surface area contributed by atoms with Crippen LogP contribution in [-0.4, -0.2) is 19.0 Å². The molecule has 0 aliphatic carbocycles. The van der Waals surface area contributed by atoms with Crippen LogP contribution in [0.1, 0.15) is 19.4 Å². The molecule has 0 heterocycles. The van der Waals surface area contributed by atoms with Crippen LogP contribution >= 0.6 is 0 Å². The average Bonchev–Trinajstić information content (AvgIpc) is 2.66. The summed E-state index contributed by atoms with van der Waals surface area (Å²) in [4.78, 5) is 14.5. The maximum absolute atomic E-state index is 12.9. The first kappa shape index (κ1) is 23.0. The van der Waals surface area contributed by atoms with E-state index in [1.54, 1.807) is 0 Å². The van der Waals surface area contributed by atoms with Gasteiger partial charge in [0.25, 0.3) is 5.91 Å². The number of nitrogens with zero attached hydrogens (tertiary/aromatic N) is 2. The molecule has 0 radical (unpaired) electrons. The predicted molar refractivity (Wildman–Crippen MR) is 107 cm³/mol. The molecule has 7 heteroatoms. The summed E-state index contributed by atoms with van der Waals surface area (Å²) in [6, 6.07) is 13.2. The van der Waals surface area contributed by atoms with Gasteiger partial charge in [-0.1, -0.05) is 0 Å². The van der Waals surface area contributed by atoms with E-state index in [0.717, 1.165) is 30.0 Å². The van der Waals surface area contributed by atoms with E-state index < -0.39 is 11.7 Å². The molecule has 0 spiro atoms. The van der Waals surface area contributed by atoms with Crippen molar-refractivity contribution in [2.45, 2.75) is 20.8 Å². The Kier molecular flexibility index (Phi) is 9.00. The quantitative estimate of drug-likeness (QED) is 0.544. The molecule has 0 saturated heterocycles. The number of nitrogens with one attached hydrogen (secondary N) is 2. The molecular weight excluding hydrogens is 379 g/mol. The fourth-order valence-corrected chi connectivity index (χ4v) is 2.63. The highest BCUT2D eigenvalue weighted by Gasteiger charge is 2.10. The minimum absolute atomic E-state index is 0. The molecule has 5 nitrogen and oxygen atoms in total. The number of hydrogen-bond acceptors (Lipinski definition) is 4. The van der Waals surface area contributed by atoms with Crippen LogP contribution in [0.25, 0.3) is 0 Å². The maximum atomic E-state index is 12.9. The first-order chi connectivity index (χ1) is 13.0. The molecule has 28 heavy (non-hydrogen) atoms. The van der Waals surface area contributed by atoms with Crippen molar-refractivity contribution in [3.63, 3.8) is 0 Å². The molecule has 2 aromatic carbocycles. The normalized spacial score (nSPS) is 10.5. The molecule has 0 aromatic heterocycles. The van der Waals surface area contributed by atoms with E-state index in [0.29, 0.717) is 5.69 Å². The van der Waals surface area contributed by atoms with Crippen molar-refractivity contribution >= 4 is 23.0 Å². The third-order valence-electron chi connectivity index (χ3n) is 4.18. The lowest BCUT2D eigenvalue weighted by Crippen LogP contribution is -3.00. The topological polar surface area (TPSA) is 68.2 Å². The Balaban J connectivity index is 0.00000392. The van der Waals surface area contributed by atoms with Gasteiger partial charge in [0.15, 0.2) is 0 Å². The van der Waals surface area contributed by atoms with E-state index in [1.807, 2.05) is 25.1 Å². The molecule has 0 unspecified atom stereocenters. The summed E-state index contributed by atoms with van der Waals surface area (Å²) in [5.41, 5.74) is 3.29. The van der Waals surface area contributed by atoms with Crippen molar-refractivity contribution < 1.29 is 21.6 Å². The number of aryl methyl sites for hydroxylation is 1. The second kappa shape index (κ2) is 11.0. The van der Waals surface area contributed by atoms with Gasteiger partial charge < -0.3 is 27.9 Å². The lowest BCUT2D eigenvalue weighted by molar-refractivity contribution is -0.112. The van der Waals surface area contributed by atoms with E-state index in [4.69, 9.17) is 0 Å². The Morgan fingerprint density at radius 2 is 1.82 bits per heavy atom. The zero-order valence-electron chi connectivity index (χ0n) is 16.1. The molecule has 2 N–H and O–H groups in total. The fraction of sp³-hybridized carbons (Fsp3) is 0.238. The SMILES string of the molecule is CCN(CC)c1ccc(N/C=C(/C#N)C(=O)Nc2ccc(F)cc2)c(C)c1.[Cl-].